The number of nitriles is 1. The third-order valence-electron chi connectivity index (χ3n) is 2.25. The van der Waals surface area contributed by atoms with Crippen molar-refractivity contribution < 1.29 is 4.79 Å². The molecule has 0 aliphatic rings. The summed E-state index contributed by atoms with van der Waals surface area (Å²) in [6.07, 6.45) is 1.67. The van der Waals surface area contributed by atoms with Gasteiger partial charge in [-0.15, -0.1) is 0 Å². The molecule has 1 rings (SSSR count). The van der Waals surface area contributed by atoms with Gasteiger partial charge in [-0.05, 0) is 20.8 Å². The van der Waals surface area contributed by atoms with Crippen LogP contribution < -0.4 is 5.32 Å². The lowest BCUT2D eigenvalue weighted by Gasteiger charge is -2.15. The van der Waals surface area contributed by atoms with Crippen LogP contribution in [0.4, 0.5) is 0 Å². The first-order valence-corrected chi connectivity index (χ1v) is 5.05. The summed E-state index contributed by atoms with van der Waals surface area (Å²) in [5, 5.41) is 15.6. The Bertz CT molecular complexity index is 439. The summed E-state index contributed by atoms with van der Waals surface area (Å²) in [5.41, 5.74) is 0.692. The van der Waals surface area contributed by atoms with E-state index in [1.165, 1.54) is 0 Å². The van der Waals surface area contributed by atoms with Gasteiger partial charge in [0.1, 0.15) is 0 Å². The number of aromatic nitrogens is 2. The molecule has 1 N–H and O–H groups in total. The van der Waals surface area contributed by atoms with E-state index in [-0.39, 0.29) is 5.91 Å². The van der Waals surface area contributed by atoms with E-state index in [1.807, 2.05) is 0 Å². The van der Waals surface area contributed by atoms with Crippen LogP contribution in [0.25, 0.3) is 0 Å². The molecule has 0 bridgehead atoms. The molecular formula is C11H16N4O. The quantitative estimate of drug-likeness (QED) is 0.826. The largest absolute Gasteiger partial charge is 0.350 e. The molecular weight excluding hydrogens is 204 g/mol. The van der Waals surface area contributed by atoms with Crippen molar-refractivity contribution >= 4 is 5.91 Å². The van der Waals surface area contributed by atoms with Gasteiger partial charge in [0.15, 0.2) is 0 Å². The molecule has 0 aliphatic heterocycles. The normalized spacial score (nSPS) is 10.9. The topological polar surface area (TPSA) is 70.7 Å². The zero-order valence-corrected chi connectivity index (χ0v) is 10.0. The predicted molar refractivity (Wildman–Crippen MR) is 59.7 cm³/mol. The molecule has 16 heavy (non-hydrogen) atoms. The van der Waals surface area contributed by atoms with E-state index in [4.69, 9.17) is 5.26 Å². The molecule has 0 spiro atoms. The van der Waals surface area contributed by atoms with Crippen LogP contribution >= 0.6 is 0 Å². The molecule has 1 amide bonds. The summed E-state index contributed by atoms with van der Waals surface area (Å²) in [4.78, 5) is 11.8. The highest BCUT2D eigenvalue weighted by Gasteiger charge is 2.19. The molecule has 0 fully saturated rings. The van der Waals surface area contributed by atoms with E-state index in [2.05, 4.69) is 16.5 Å². The first kappa shape index (κ1) is 12.2. The Labute approximate surface area is 95.1 Å². The number of hydrogen-bond donors (Lipinski definition) is 1. The Kier molecular flexibility index (Phi) is 3.33. The summed E-state index contributed by atoms with van der Waals surface area (Å²) < 4.78 is 1.60. The molecule has 0 saturated heterocycles. The standard InChI is InChI=1S/C11H16N4O/c1-8-9(5-15(4)14-8)10(16)13-7-11(2,3)6-12/h5H,7H2,1-4H3,(H,13,16). The molecule has 0 unspecified atom stereocenters. The van der Waals surface area contributed by atoms with Crippen LogP contribution in [0, 0.1) is 23.7 Å². The maximum Gasteiger partial charge on any atom is 0.254 e. The highest BCUT2D eigenvalue weighted by molar-refractivity contribution is 5.95. The first-order chi connectivity index (χ1) is 7.35. The van der Waals surface area contributed by atoms with Crippen molar-refractivity contribution in [3.05, 3.63) is 17.5 Å². The third-order valence-corrected chi connectivity index (χ3v) is 2.25. The number of hydrogen-bond acceptors (Lipinski definition) is 3. The second-order valence-electron chi connectivity index (χ2n) is 4.48. The monoisotopic (exact) mass is 220 g/mol. The number of aryl methyl sites for hydroxylation is 2. The van der Waals surface area contributed by atoms with Crippen LogP contribution in [-0.2, 0) is 7.05 Å². The minimum atomic E-state index is -0.550. The minimum absolute atomic E-state index is 0.186. The lowest BCUT2D eigenvalue weighted by Crippen LogP contribution is -2.33. The zero-order valence-electron chi connectivity index (χ0n) is 10.0. The van der Waals surface area contributed by atoms with Gasteiger partial charge in [0, 0.05) is 19.8 Å². The lowest BCUT2D eigenvalue weighted by atomic mass is 9.96. The molecule has 0 aromatic carbocycles. The average molecular weight is 220 g/mol. The molecule has 0 atom stereocenters. The summed E-state index contributed by atoms with van der Waals surface area (Å²) in [6.45, 7) is 5.67. The van der Waals surface area contributed by atoms with Crippen molar-refractivity contribution in [1.82, 2.24) is 15.1 Å². The van der Waals surface area contributed by atoms with Crippen molar-refractivity contribution in [2.24, 2.45) is 12.5 Å². The first-order valence-electron chi connectivity index (χ1n) is 5.05. The van der Waals surface area contributed by atoms with Gasteiger partial charge in [-0.2, -0.15) is 10.4 Å². The minimum Gasteiger partial charge on any atom is -0.350 e. The van der Waals surface area contributed by atoms with Crippen LogP contribution in [0.3, 0.4) is 0 Å². The lowest BCUT2D eigenvalue weighted by molar-refractivity contribution is 0.0943. The van der Waals surface area contributed by atoms with Crippen molar-refractivity contribution in [1.29, 1.82) is 5.26 Å². The molecule has 5 heteroatoms. The van der Waals surface area contributed by atoms with Gasteiger partial charge in [-0.25, -0.2) is 0 Å². The number of amides is 1. The molecule has 86 valence electrons. The molecule has 5 nitrogen and oxygen atoms in total. The predicted octanol–water partition coefficient (Wildman–Crippen LogP) is 1.01. The average Bonchev–Trinajstić information content (AvgIpc) is 2.54. The molecule has 0 saturated carbocycles. The van der Waals surface area contributed by atoms with Crippen LogP contribution in [0.2, 0.25) is 0 Å². The number of carbonyl (C=O) groups excluding carboxylic acids is 1. The van der Waals surface area contributed by atoms with Gasteiger partial charge in [0.05, 0.1) is 22.7 Å². The number of rotatable bonds is 3. The van der Waals surface area contributed by atoms with Crippen molar-refractivity contribution in [2.45, 2.75) is 20.8 Å². The maximum absolute atomic E-state index is 11.8. The molecule has 0 radical (unpaired) electrons. The Balaban J connectivity index is 2.68. The molecule has 1 aromatic heterocycles. The van der Waals surface area contributed by atoms with E-state index in [1.54, 1.807) is 38.7 Å². The van der Waals surface area contributed by atoms with Crippen LogP contribution in [-0.4, -0.2) is 22.2 Å². The fraction of sp³-hybridized carbons (Fsp3) is 0.545. The summed E-state index contributed by atoms with van der Waals surface area (Å²) in [7, 11) is 1.77. The van der Waals surface area contributed by atoms with E-state index >= 15 is 0 Å². The molecule has 1 heterocycles. The van der Waals surface area contributed by atoms with E-state index in [0.29, 0.717) is 17.8 Å². The van der Waals surface area contributed by atoms with Crippen molar-refractivity contribution in [3.63, 3.8) is 0 Å². The fourth-order valence-corrected chi connectivity index (χ4v) is 1.26. The summed E-state index contributed by atoms with van der Waals surface area (Å²) in [5.74, 6) is -0.186. The summed E-state index contributed by atoms with van der Waals surface area (Å²) >= 11 is 0. The zero-order chi connectivity index (χ0) is 12.3. The second-order valence-corrected chi connectivity index (χ2v) is 4.48. The Morgan fingerprint density at radius 3 is 2.75 bits per heavy atom. The maximum atomic E-state index is 11.8. The highest BCUT2D eigenvalue weighted by Crippen LogP contribution is 2.11. The SMILES string of the molecule is Cc1nn(C)cc1C(=O)NCC(C)(C)C#N. The van der Waals surface area contributed by atoms with Crippen LogP contribution in [0.15, 0.2) is 6.20 Å². The van der Waals surface area contributed by atoms with Gasteiger partial charge in [0.2, 0.25) is 0 Å². The summed E-state index contributed by atoms with van der Waals surface area (Å²) in [6, 6.07) is 2.13. The van der Waals surface area contributed by atoms with Gasteiger partial charge in [0.25, 0.3) is 5.91 Å². The van der Waals surface area contributed by atoms with E-state index < -0.39 is 5.41 Å². The van der Waals surface area contributed by atoms with E-state index in [9.17, 15) is 4.79 Å². The Morgan fingerprint density at radius 1 is 1.69 bits per heavy atom. The molecule has 1 aromatic rings. The number of carbonyl (C=O) groups is 1. The highest BCUT2D eigenvalue weighted by atomic mass is 16.1. The van der Waals surface area contributed by atoms with Gasteiger partial charge >= 0.3 is 0 Å². The van der Waals surface area contributed by atoms with Gasteiger partial charge in [-0.1, -0.05) is 0 Å². The Hall–Kier alpha value is -1.83. The van der Waals surface area contributed by atoms with Gasteiger partial charge < -0.3 is 5.32 Å². The van der Waals surface area contributed by atoms with Crippen LogP contribution in [0.1, 0.15) is 29.9 Å². The molecule has 0 aliphatic carbocycles. The van der Waals surface area contributed by atoms with E-state index in [0.717, 1.165) is 0 Å². The second kappa shape index (κ2) is 4.35. The number of nitrogens with one attached hydrogen (secondary N) is 1. The third kappa shape index (κ3) is 2.83. The Morgan fingerprint density at radius 2 is 2.31 bits per heavy atom. The van der Waals surface area contributed by atoms with Crippen molar-refractivity contribution in [2.75, 3.05) is 6.54 Å². The van der Waals surface area contributed by atoms with Crippen molar-refractivity contribution in [3.8, 4) is 6.07 Å². The van der Waals surface area contributed by atoms with Crippen LogP contribution in [0.5, 0.6) is 0 Å². The van der Waals surface area contributed by atoms with Gasteiger partial charge in [-0.3, -0.25) is 9.48 Å². The fourth-order valence-electron chi connectivity index (χ4n) is 1.26. The smallest absolute Gasteiger partial charge is 0.254 e. The number of nitrogens with zero attached hydrogens (tertiary/aromatic N) is 3.